The van der Waals surface area contributed by atoms with Gasteiger partial charge in [0.2, 0.25) is 0 Å². The summed E-state index contributed by atoms with van der Waals surface area (Å²) in [4.78, 5) is 15.1. The lowest BCUT2D eigenvalue weighted by atomic mass is 10.00. The summed E-state index contributed by atoms with van der Waals surface area (Å²) in [7, 11) is 0. The van der Waals surface area contributed by atoms with Crippen molar-refractivity contribution in [3.63, 3.8) is 0 Å². The van der Waals surface area contributed by atoms with Crippen molar-refractivity contribution in [1.82, 2.24) is 15.0 Å². The largest absolute Gasteiger partial charge is 0.456 e. The monoisotopic (exact) mass is 539 g/mol. The van der Waals surface area contributed by atoms with E-state index in [0.29, 0.717) is 17.5 Å². The number of aryl methyl sites for hydroxylation is 1. The molecule has 0 unspecified atom stereocenters. The van der Waals surface area contributed by atoms with Crippen LogP contribution < -0.4 is 0 Å². The number of hydrogen-bond acceptors (Lipinski definition) is 4. The van der Waals surface area contributed by atoms with Gasteiger partial charge in [0, 0.05) is 27.5 Å². The zero-order valence-corrected chi connectivity index (χ0v) is 23.0. The van der Waals surface area contributed by atoms with Crippen LogP contribution in [0.1, 0.15) is 5.56 Å². The summed E-state index contributed by atoms with van der Waals surface area (Å²) in [5.74, 6) is 1.89. The van der Waals surface area contributed by atoms with Crippen LogP contribution in [0.3, 0.4) is 0 Å². The van der Waals surface area contributed by atoms with Crippen molar-refractivity contribution < 1.29 is 4.42 Å². The molecular formula is C38H25N3O. The summed E-state index contributed by atoms with van der Waals surface area (Å²) in [5, 5.41) is 4.35. The van der Waals surface area contributed by atoms with Crippen molar-refractivity contribution in [2.45, 2.75) is 6.92 Å². The van der Waals surface area contributed by atoms with E-state index in [9.17, 15) is 0 Å². The molecule has 4 nitrogen and oxygen atoms in total. The first kappa shape index (κ1) is 24.2. The molecule has 2 heterocycles. The first-order valence-corrected chi connectivity index (χ1v) is 14.0. The Balaban J connectivity index is 1.32. The fourth-order valence-electron chi connectivity index (χ4n) is 5.69. The molecule has 198 valence electrons. The highest BCUT2D eigenvalue weighted by molar-refractivity contribution is 6.11. The lowest BCUT2D eigenvalue weighted by Crippen LogP contribution is -2.00. The van der Waals surface area contributed by atoms with Gasteiger partial charge in [-0.2, -0.15) is 0 Å². The summed E-state index contributed by atoms with van der Waals surface area (Å²) in [6.07, 6.45) is 0. The number of furan rings is 1. The van der Waals surface area contributed by atoms with Gasteiger partial charge < -0.3 is 4.42 Å². The van der Waals surface area contributed by atoms with Crippen LogP contribution in [0.15, 0.2) is 138 Å². The second kappa shape index (κ2) is 9.79. The Bertz CT molecular complexity index is 2270. The Morgan fingerprint density at radius 3 is 1.88 bits per heavy atom. The maximum absolute atomic E-state index is 6.18. The molecule has 0 bridgehead atoms. The molecule has 0 amide bonds. The molecule has 0 spiro atoms. The maximum atomic E-state index is 6.18. The minimum atomic E-state index is 0.619. The second-order valence-electron chi connectivity index (χ2n) is 10.6. The number of benzene rings is 6. The number of para-hydroxylation sites is 1. The van der Waals surface area contributed by atoms with Gasteiger partial charge in [0.1, 0.15) is 11.2 Å². The van der Waals surface area contributed by atoms with E-state index in [1.165, 1.54) is 16.5 Å². The third-order valence-electron chi connectivity index (χ3n) is 7.76. The smallest absolute Gasteiger partial charge is 0.164 e. The molecule has 0 N–H and O–H groups in total. The van der Waals surface area contributed by atoms with Crippen LogP contribution in [0, 0.1) is 6.92 Å². The highest BCUT2D eigenvalue weighted by Gasteiger charge is 2.18. The highest BCUT2D eigenvalue weighted by Crippen LogP contribution is 2.37. The quantitative estimate of drug-likeness (QED) is 0.223. The average Bonchev–Trinajstić information content (AvgIpc) is 3.43. The predicted octanol–water partition coefficient (Wildman–Crippen LogP) is 9.90. The molecule has 0 saturated carbocycles. The molecule has 6 aromatic carbocycles. The number of fused-ring (bicyclic) bond motifs is 4. The van der Waals surface area contributed by atoms with Crippen LogP contribution in [-0.4, -0.2) is 15.0 Å². The number of rotatable bonds is 4. The Labute approximate surface area is 243 Å². The van der Waals surface area contributed by atoms with Crippen LogP contribution >= 0.6 is 0 Å². The summed E-state index contributed by atoms with van der Waals surface area (Å²) in [6.45, 7) is 2.08. The molecule has 2 aromatic heterocycles. The van der Waals surface area contributed by atoms with Gasteiger partial charge in [-0.15, -0.1) is 0 Å². The van der Waals surface area contributed by atoms with E-state index in [-0.39, 0.29) is 0 Å². The van der Waals surface area contributed by atoms with Crippen molar-refractivity contribution >= 4 is 32.7 Å². The van der Waals surface area contributed by atoms with Crippen molar-refractivity contribution in [1.29, 1.82) is 0 Å². The molecule has 0 radical (unpaired) electrons. The van der Waals surface area contributed by atoms with Crippen LogP contribution in [0.5, 0.6) is 0 Å². The minimum Gasteiger partial charge on any atom is -0.456 e. The Kier molecular flexibility index (Phi) is 5.64. The Hall–Kier alpha value is -5.61. The number of hydrogen-bond donors (Lipinski definition) is 0. The minimum absolute atomic E-state index is 0.619. The van der Waals surface area contributed by atoms with Crippen LogP contribution in [0.4, 0.5) is 0 Å². The molecule has 0 aliphatic heterocycles. The lowest BCUT2D eigenvalue weighted by molar-refractivity contribution is 0.669. The van der Waals surface area contributed by atoms with Gasteiger partial charge in [0.05, 0.1) is 0 Å². The van der Waals surface area contributed by atoms with Crippen LogP contribution in [0.25, 0.3) is 78.0 Å². The molecule has 8 aromatic rings. The van der Waals surface area contributed by atoms with Gasteiger partial charge in [-0.1, -0.05) is 109 Å². The van der Waals surface area contributed by atoms with Gasteiger partial charge >= 0.3 is 0 Å². The molecule has 0 aliphatic carbocycles. The van der Waals surface area contributed by atoms with E-state index >= 15 is 0 Å². The van der Waals surface area contributed by atoms with Gasteiger partial charge in [-0.3, -0.25) is 0 Å². The highest BCUT2D eigenvalue weighted by atomic mass is 16.3. The summed E-state index contributed by atoms with van der Waals surface area (Å²) < 4.78 is 6.18. The summed E-state index contributed by atoms with van der Waals surface area (Å²) in [5.41, 5.74) is 8.02. The summed E-state index contributed by atoms with van der Waals surface area (Å²) in [6, 6.07) is 45.9. The Morgan fingerprint density at radius 2 is 1.07 bits per heavy atom. The van der Waals surface area contributed by atoms with E-state index in [0.717, 1.165) is 49.6 Å². The molecule has 0 atom stereocenters. The molecule has 0 saturated heterocycles. The molecule has 42 heavy (non-hydrogen) atoms. The first-order valence-electron chi connectivity index (χ1n) is 14.0. The van der Waals surface area contributed by atoms with Crippen molar-refractivity contribution in [2.24, 2.45) is 0 Å². The van der Waals surface area contributed by atoms with Gasteiger partial charge in [0.15, 0.2) is 17.5 Å². The molecule has 8 rings (SSSR count). The predicted molar refractivity (Wildman–Crippen MR) is 171 cm³/mol. The second-order valence-corrected chi connectivity index (χ2v) is 10.6. The van der Waals surface area contributed by atoms with Gasteiger partial charge in [-0.05, 0) is 59.2 Å². The molecule has 0 aliphatic rings. The van der Waals surface area contributed by atoms with E-state index in [1.54, 1.807) is 0 Å². The molecule has 0 fully saturated rings. The van der Waals surface area contributed by atoms with Crippen LogP contribution in [0.2, 0.25) is 0 Å². The summed E-state index contributed by atoms with van der Waals surface area (Å²) >= 11 is 0. The normalized spacial score (nSPS) is 11.5. The van der Waals surface area contributed by atoms with Crippen molar-refractivity contribution in [3.8, 4) is 45.3 Å². The number of aromatic nitrogens is 3. The number of nitrogens with zero attached hydrogens (tertiary/aromatic N) is 3. The fourth-order valence-corrected chi connectivity index (χ4v) is 5.69. The van der Waals surface area contributed by atoms with E-state index in [4.69, 9.17) is 19.4 Å². The van der Waals surface area contributed by atoms with Gasteiger partial charge in [0.25, 0.3) is 0 Å². The van der Waals surface area contributed by atoms with Crippen molar-refractivity contribution in [2.75, 3.05) is 0 Å². The van der Waals surface area contributed by atoms with Crippen LogP contribution in [-0.2, 0) is 0 Å². The topological polar surface area (TPSA) is 51.8 Å². The Morgan fingerprint density at radius 1 is 0.452 bits per heavy atom. The fraction of sp³-hybridized carbons (Fsp3) is 0.0263. The lowest BCUT2D eigenvalue weighted by Gasteiger charge is -2.10. The van der Waals surface area contributed by atoms with Gasteiger partial charge in [-0.25, -0.2) is 15.0 Å². The standard InChI is InChI=1S/C38H25N3O/c1-24-9-7-12-29(21-24)36-39-37(30-20-19-27-22-26(17-18-28(27)23-30)25-10-3-2-4-11-25)41-38(40-36)32-14-8-16-34-35(32)31-13-5-6-15-33(31)42-34/h2-23H,1H3. The molecular weight excluding hydrogens is 514 g/mol. The maximum Gasteiger partial charge on any atom is 0.164 e. The van der Waals surface area contributed by atoms with E-state index in [1.807, 2.05) is 42.5 Å². The SMILES string of the molecule is Cc1cccc(-c2nc(-c3ccc4cc(-c5ccccc5)ccc4c3)nc(-c3cccc4oc5ccccc5c34)n2)c1. The first-order chi connectivity index (χ1) is 20.7. The zero-order valence-electron chi connectivity index (χ0n) is 23.0. The third-order valence-corrected chi connectivity index (χ3v) is 7.76. The van der Waals surface area contributed by atoms with E-state index in [2.05, 4.69) is 97.9 Å². The zero-order chi connectivity index (χ0) is 28.0. The molecule has 4 heteroatoms. The van der Waals surface area contributed by atoms with E-state index < -0.39 is 0 Å². The third kappa shape index (κ3) is 4.21. The average molecular weight is 540 g/mol. The van der Waals surface area contributed by atoms with Crippen molar-refractivity contribution in [3.05, 3.63) is 139 Å².